The first-order valence-electron chi connectivity index (χ1n) is 7.20. The molecule has 1 aromatic carbocycles. The van der Waals surface area contributed by atoms with E-state index in [0.29, 0.717) is 24.1 Å². The number of nitrogens with zero attached hydrogens (tertiary/aromatic N) is 1. The predicted molar refractivity (Wildman–Crippen MR) is 77.5 cm³/mol. The van der Waals surface area contributed by atoms with Crippen molar-refractivity contribution in [3.05, 3.63) is 29.3 Å². The number of aliphatic hydroxyl groups is 1. The Morgan fingerprint density at radius 3 is 2.38 bits per heavy atom. The van der Waals surface area contributed by atoms with Crippen LogP contribution in [0.3, 0.4) is 0 Å². The van der Waals surface area contributed by atoms with Gasteiger partial charge in [0.05, 0.1) is 11.2 Å². The summed E-state index contributed by atoms with van der Waals surface area (Å²) in [4.78, 5) is 2.00. The van der Waals surface area contributed by atoms with Crippen LogP contribution in [0.2, 0.25) is 0 Å². The van der Waals surface area contributed by atoms with Gasteiger partial charge in [-0.3, -0.25) is 0 Å². The van der Waals surface area contributed by atoms with Crippen molar-refractivity contribution >= 4 is 5.69 Å². The van der Waals surface area contributed by atoms with Gasteiger partial charge in [0.25, 0.3) is 0 Å². The average Bonchev–Trinajstić information content (AvgIpc) is 2.61. The summed E-state index contributed by atoms with van der Waals surface area (Å²) < 4.78 is 39.5. The molecule has 5 heteroatoms. The fraction of sp³-hybridized carbons (Fsp3) is 0.625. The van der Waals surface area contributed by atoms with Crippen molar-refractivity contribution < 1.29 is 18.3 Å². The molecule has 1 aliphatic rings. The van der Waals surface area contributed by atoms with Crippen LogP contribution >= 0.6 is 0 Å². The monoisotopic (exact) mass is 301 g/mol. The maximum Gasteiger partial charge on any atom is 0.416 e. The molecule has 1 heterocycles. The van der Waals surface area contributed by atoms with E-state index in [1.54, 1.807) is 19.9 Å². The van der Waals surface area contributed by atoms with E-state index in [2.05, 4.69) is 0 Å². The van der Waals surface area contributed by atoms with Crippen molar-refractivity contribution in [3.63, 3.8) is 0 Å². The lowest BCUT2D eigenvalue weighted by atomic mass is 9.95. The van der Waals surface area contributed by atoms with Gasteiger partial charge < -0.3 is 10.0 Å². The highest BCUT2D eigenvalue weighted by atomic mass is 19.4. The molecular weight excluding hydrogens is 279 g/mol. The number of alkyl halides is 3. The number of benzene rings is 1. The molecule has 2 nitrogen and oxygen atoms in total. The summed E-state index contributed by atoms with van der Waals surface area (Å²) in [5.41, 5.74) is -0.455. The van der Waals surface area contributed by atoms with Gasteiger partial charge in [0, 0.05) is 17.8 Å². The molecule has 0 saturated carbocycles. The standard InChI is InChI=1S/C16H22F3NO/c1-10(2)20-11(9-15(3,4)21)8-12-13(16(17,18)19)6-5-7-14(12)20/h5-7,10-11,21H,8-9H2,1-4H3. The van der Waals surface area contributed by atoms with Gasteiger partial charge in [0.15, 0.2) is 0 Å². The van der Waals surface area contributed by atoms with E-state index in [-0.39, 0.29) is 12.1 Å². The van der Waals surface area contributed by atoms with Crippen LogP contribution in [-0.4, -0.2) is 22.8 Å². The first-order chi connectivity index (χ1) is 9.50. The van der Waals surface area contributed by atoms with Gasteiger partial charge in [-0.15, -0.1) is 0 Å². The Bertz CT molecular complexity index is 517. The third-order valence-corrected chi connectivity index (χ3v) is 3.86. The second-order valence-corrected chi connectivity index (χ2v) is 6.68. The van der Waals surface area contributed by atoms with Crippen LogP contribution in [-0.2, 0) is 12.6 Å². The zero-order valence-electron chi connectivity index (χ0n) is 12.8. The summed E-state index contributed by atoms with van der Waals surface area (Å²) in [6, 6.07) is 4.33. The van der Waals surface area contributed by atoms with Gasteiger partial charge in [0.2, 0.25) is 0 Å². The van der Waals surface area contributed by atoms with Crippen molar-refractivity contribution in [1.29, 1.82) is 0 Å². The molecule has 1 atom stereocenters. The minimum absolute atomic E-state index is 0.0853. The van der Waals surface area contributed by atoms with Crippen molar-refractivity contribution in [1.82, 2.24) is 0 Å². The second kappa shape index (κ2) is 5.20. The highest BCUT2D eigenvalue weighted by molar-refractivity contribution is 5.63. The quantitative estimate of drug-likeness (QED) is 0.912. The smallest absolute Gasteiger partial charge is 0.390 e. The van der Waals surface area contributed by atoms with Crippen LogP contribution < -0.4 is 4.90 Å². The summed E-state index contributed by atoms with van der Waals surface area (Å²) in [6.07, 6.45) is -3.57. The first-order valence-corrected chi connectivity index (χ1v) is 7.20. The Morgan fingerprint density at radius 1 is 1.29 bits per heavy atom. The van der Waals surface area contributed by atoms with Crippen LogP contribution in [0.4, 0.5) is 18.9 Å². The third-order valence-electron chi connectivity index (χ3n) is 3.86. The number of rotatable bonds is 3. The number of hydrogen-bond donors (Lipinski definition) is 1. The highest BCUT2D eigenvalue weighted by Crippen LogP contribution is 2.43. The van der Waals surface area contributed by atoms with Crippen LogP contribution in [0.25, 0.3) is 0 Å². The molecule has 0 fully saturated rings. The third kappa shape index (κ3) is 3.34. The van der Waals surface area contributed by atoms with Crippen LogP contribution in [0.5, 0.6) is 0 Å². The summed E-state index contributed by atoms with van der Waals surface area (Å²) >= 11 is 0. The lowest BCUT2D eigenvalue weighted by Crippen LogP contribution is -2.42. The molecule has 2 rings (SSSR count). The molecule has 0 aromatic heterocycles. The van der Waals surface area contributed by atoms with Crippen LogP contribution in [0.15, 0.2) is 18.2 Å². The molecule has 1 N–H and O–H groups in total. The van der Waals surface area contributed by atoms with Crippen LogP contribution in [0.1, 0.15) is 45.2 Å². The predicted octanol–water partition coefficient (Wildman–Crippen LogP) is 4.01. The number of halogens is 3. The van der Waals surface area contributed by atoms with Crippen molar-refractivity contribution in [3.8, 4) is 0 Å². The fourth-order valence-electron chi connectivity index (χ4n) is 3.27. The second-order valence-electron chi connectivity index (χ2n) is 6.68. The number of anilines is 1. The molecule has 0 amide bonds. The Kier molecular flexibility index (Phi) is 4.00. The molecule has 1 unspecified atom stereocenters. The van der Waals surface area contributed by atoms with Crippen molar-refractivity contribution in [2.45, 2.75) is 64.4 Å². The van der Waals surface area contributed by atoms with E-state index in [0.717, 1.165) is 6.07 Å². The molecule has 0 spiro atoms. The Morgan fingerprint density at radius 2 is 1.90 bits per heavy atom. The molecule has 0 saturated heterocycles. The zero-order chi connectivity index (χ0) is 16.0. The molecule has 0 radical (unpaired) electrons. The molecule has 1 aromatic rings. The van der Waals surface area contributed by atoms with E-state index >= 15 is 0 Å². The number of fused-ring (bicyclic) bond motifs is 1. The van der Waals surface area contributed by atoms with Crippen molar-refractivity contribution in [2.75, 3.05) is 4.90 Å². The maximum absolute atomic E-state index is 13.2. The zero-order valence-corrected chi connectivity index (χ0v) is 12.8. The van der Waals surface area contributed by atoms with E-state index < -0.39 is 17.3 Å². The summed E-state index contributed by atoms with van der Waals surface area (Å²) in [7, 11) is 0. The summed E-state index contributed by atoms with van der Waals surface area (Å²) in [5, 5.41) is 10.0. The molecule has 118 valence electrons. The van der Waals surface area contributed by atoms with Gasteiger partial charge in [-0.2, -0.15) is 13.2 Å². The molecule has 21 heavy (non-hydrogen) atoms. The maximum atomic E-state index is 13.2. The van der Waals surface area contributed by atoms with Gasteiger partial charge in [-0.05, 0) is 58.2 Å². The minimum atomic E-state index is -4.34. The molecule has 1 aliphatic heterocycles. The summed E-state index contributed by atoms with van der Waals surface area (Å²) in [5.74, 6) is 0. The Labute approximate surface area is 123 Å². The van der Waals surface area contributed by atoms with Crippen molar-refractivity contribution in [2.24, 2.45) is 0 Å². The molecular formula is C16H22F3NO. The normalized spacial score (nSPS) is 19.3. The van der Waals surface area contributed by atoms with E-state index in [9.17, 15) is 18.3 Å². The Balaban J connectivity index is 2.45. The van der Waals surface area contributed by atoms with Crippen LogP contribution in [0, 0.1) is 0 Å². The lowest BCUT2D eigenvalue weighted by Gasteiger charge is -2.34. The topological polar surface area (TPSA) is 23.5 Å². The summed E-state index contributed by atoms with van der Waals surface area (Å²) in [6.45, 7) is 7.32. The van der Waals surface area contributed by atoms with E-state index in [4.69, 9.17) is 0 Å². The van der Waals surface area contributed by atoms with Gasteiger partial charge >= 0.3 is 6.18 Å². The number of hydrogen-bond acceptors (Lipinski definition) is 2. The highest BCUT2D eigenvalue weighted by Gasteiger charge is 2.41. The van der Waals surface area contributed by atoms with Gasteiger partial charge in [-0.25, -0.2) is 0 Å². The minimum Gasteiger partial charge on any atom is -0.390 e. The first kappa shape index (κ1) is 16.1. The fourth-order valence-corrected chi connectivity index (χ4v) is 3.27. The Hall–Kier alpha value is -1.23. The lowest BCUT2D eigenvalue weighted by molar-refractivity contribution is -0.138. The van der Waals surface area contributed by atoms with Gasteiger partial charge in [-0.1, -0.05) is 6.07 Å². The molecule has 0 bridgehead atoms. The van der Waals surface area contributed by atoms with E-state index in [1.807, 2.05) is 18.7 Å². The molecule has 0 aliphatic carbocycles. The van der Waals surface area contributed by atoms with Gasteiger partial charge in [0.1, 0.15) is 0 Å². The average molecular weight is 301 g/mol. The van der Waals surface area contributed by atoms with E-state index in [1.165, 1.54) is 6.07 Å². The SMILES string of the molecule is CC(C)N1c2cccc(C(F)(F)F)c2CC1CC(C)(C)O. The largest absolute Gasteiger partial charge is 0.416 e.